The van der Waals surface area contributed by atoms with Crippen LogP contribution >= 0.6 is 0 Å². The molecule has 1 spiro atoms. The lowest BCUT2D eigenvalue weighted by Crippen LogP contribution is -2.28. The highest BCUT2D eigenvalue weighted by molar-refractivity contribution is 5.98. The number of fused-ring (bicyclic) bond motifs is 10. The second-order valence-corrected chi connectivity index (χ2v) is 23.2. The molecule has 1 nitrogen and oxygen atoms in total. The summed E-state index contributed by atoms with van der Waals surface area (Å²) < 4.78 is 0. The van der Waals surface area contributed by atoms with Gasteiger partial charge in [-0.3, -0.25) is 0 Å². The molecule has 2 aliphatic carbocycles. The lowest BCUT2D eigenvalue weighted by molar-refractivity contribution is 0.586. The van der Waals surface area contributed by atoms with E-state index in [2.05, 4.69) is 307 Å². The predicted molar refractivity (Wildman–Crippen MR) is 326 cm³/mol. The number of nitrogens with zero attached hydrogens (tertiary/aromatic N) is 1. The topological polar surface area (TPSA) is 3.24 Å². The molecular weight excluding hydrogens is 927 g/mol. The summed E-state index contributed by atoms with van der Waals surface area (Å²) in [6.45, 7) is 14.7. The first kappa shape index (κ1) is 47.9. The van der Waals surface area contributed by atoms with Crippen molar-refractivity contribution in [2.45, 2.75) is 64.3 Å². The molecule has 2 aliphatic rings. The van der Waals surface area contributed by atoms with Crippen molar-refractivity contribution in [3.8, 4) is 77.9 Å². The van der Waals surface area contributed by atoms with Gasteiger partial charge in [0.05, 0.1) is 5.41 Å². The van der Waals surface area contributed by atoms with Crippen molar-refractivity contribution in [2.75, 3.05) is 4.90 Å². The van der Waals surface area contributed by atoms with Crippen LogP contribution in [0.5, 0.6) is 0 Å². The van der Waals surface area contributed by atoms with Gasteiger partial charge in [0, 0.05) is 23.5 Å². The second-order valence-electron chi connectivity index (χ2n) is 23.2. The first-order chi connectivity index (χ1) is 37.5. The summed E-state index contributed by atoms with van der Waals surface area (Å²) in [6, 6.07) is 98.0. The molecule has 77 heavy (non-hydrogen) atoms. The summed E-state index contributed by atoms with van der Waals surface area (Å²) in [5.41, 5.74) is 28.3. The highest BCUT2D eigenvalue weighted by Crippen LogP contribution is 2.64. The van der Waals surface area contributed by atoms with Gasteiger partial charge in [-0.15, -0.1) is 0 Å². The fraction of sp³-hybridized carbons (Fsp3) is 0.132. The summed E-state index contributed by atoms with van der Waals surface area (Å²) in [5.74, 6) is 0. The molecule has 0 unspecified atom stereocenters. The van der Waals surface area contributed by atoms with E-state index in [1.54, 1.807) is 0 Å². The van der Waals surface area contributed by atoms with Gasteiger partial charge >= 0.3 is 0 Å². The third-order valence-corrected chi connectivity index (χ3v) is 16.6. The molecule has 11 aromatic rings. The summed E-state index contributed by atoms with van der Waals surface area (Å²) >= 11 is 0. The van der Waals surface area contributed by atoms with Gasteiger partial charge in [0.1, 0.15) is 0 Å². The maximum atomic E-state index is 2.61. The molecule has 0 heterocycles. The molecule has 0 atom stereocenters. The molecule has 0 bridgehead atoms. The van der Waals surface area contributed by atoms with E-state index in [-0.39, 0.29) is 10.8 Å². The first-order valence-electron chi connectivity index (χ1n) is 27.4. The van der Waals surface area contributed by atoms with Gasteiger partial charge in [-0.1, -0.05) is 284 Å². The van der Waals surface area contributed by atoms with E-state index in [9.17, 15) is 0 Å². The Morgan fingerprint density at radius 3 is 1.27 bits per heavy atom. The molecule has 0 saturated carbocycles. The molecular formula is C76H63N. The second kappa shape index (κ2) is 18.8. The zero-order valence-corrected chi connectivity index (χ0v) is 45.0. The molecule has 0 N–H and O–H groups in total. The smallest absolute Gasteiger partial charge is 0.0726 e. The molecule has 1 heteroatoms. The Bertz CT molecular complexity index is 3950. The van der Waals surface area contributed by atoms with Crippen LogP contribution in [0.15, 0.2) is 261 Å². The number of para-hydroxylation sites is 1. The van der Waals surface area contributed by atoms with Gasteiger partial charge < -0.3 is 4.90 Å². The Balaban J connectivity index is 1.05. The molecule has 0 fully saturated rings. The highest BCUT2D eigenvalue weighted by atomic mass is 15.1. The van der Waals surface area contributed by atoms with E-state index in [1.807, 2.05) is 0 Å². The Morgan fingerprint density at radius 2 is 0.675 bits per heavy atom. The zero-order valence-electron chi connectivity index (χ0n) is 45.0. The van der Waals surface area contributed by atoms with Crippen LogP contribution in [0.1, 0.15) is 80.5 Å². The van der Waals surface area contributed by atoms with Crippen LogP contribution in [0.4, 0.5) is 11.4 Å². The monoisotopic (exact) mass is 989 g/mol. The third-order valence-electron chi connectivity index (χ3n) is 16.6. The molecule has 0 aliphatic heterocycles. The van der Waals surface area contributed by atoms with Crippen LogP contribution in [0, 0.1) is 0 Å². The van der Waals surface area contributed by atoms with E-state index in [1.165, 1.54) is 117 Å². The molecule has 0 amide bonds. The maximum absolute atomic E-state index is 2.61. The first-order valence-corrected chi connectivity index (χ1v) is 27.4. The van der Waals surface area contributed by atoms with Gasteiger partial charge in [-0.25, -0.2) is 0 Å². The normalized spacial score (nSPS) is 13.0. The van der Waals surface area contributed by atoms with Crippen LogP contribution in [0.2, 0.25) is 0 Å². The van der Waals surface area contributed by atoms with Gasteiger partial charge in [0.15, 0.2) is 0 Å². The molecule has 0 radical (unpaired) electrons. The number of hydrogen-bond acceptors (Lipinski definition) is 1. The minimum Gasteiger partial charge on any atom is -0.336 e. The summed E-state index contributed by atoms with van der Waals surface area (Å²) in [4.78, 5) is 2.61. The molecule has 13 rings (SSSR count). The van der Waals surface area contributed by atoms with E-state index in [4.69, 9.17) is 0 Å². The number of anilines is 2. The Kier molecular flexibility index (Phi) is 11.7. The third kappa shape index (κ3) is 8.16. The summed E-state index contributed by atoms with van der Waals surface area (Å²) in [7, 11) is 0. The fourth-order valence-electron chi connectivity index (χ4n) is 12.6. The summed E-state index contributed by atoms with van der Waals surface area (Å²) in [6.07, 6.45) is 0. The van der Waals surface area contributed by atoms with Crippen molar-refractivity contribution in [3.63, 3.8) is 0 Å². The van der Waals surface area contributed by atoms with Crippen molar-refractivity contribution >= 4 is 11.4 Å². The van der Waals surface area contributed by atoms with E-state index in [0.717, 1.165) is 11.4 Å². The van der Waals surface area contributed by atoms with Gasteiger partial charge in [-0.2, -0.15) is 0 Å². The maximum Gasteiger partial charge on any atom is 0.0726 e. The van der Waals surface area contributed by atoms with Gasteiger partial charge in [0.25, 0.3) is 0 Å². The number of benzene rings is 11. The average molecular weight is 990 g/mol. The van der Waals surface area contributed by atoms with Crippen LogP contribution in [-0.4, -0.2) is 0 Å². The van der Waals surface area contributed by atoms with E-state index < -0.39 is 5.41 Å². The number of rotatable bonds is 9. The molecule has 0 saturated heterocycles. The van der Waals surface area contributed by atoms with Crippen molar-refractivity contribution in [2.24, 2.45) is 0 Å². The quantitative estimate of drug-likeness (QED) is 0.139. The zero-order chi connectivity index (χ0) is 52.5. The standard InChI is InChI=1S/C76H63N/c1-74(2,3)56-41-44-65-66-45-42-57(75(4,5)6)48-71(66)76(70(65)47-56)69-35-21-19-33-64(69)67-46-43-58(49-72(67)76)77(50-55-27-13-14-28-59(55)54-39-37-52(38-40-54)51-23-9-7-10-24-51)73-36-22-20-34-68(73)63-32-18-17-31-62(63)61-30-16-15-29-60(61)53-25-11-8-12-26-53/h7-49H,50H2,1-6H3. The van der Waals surface area contributed by atoms with Crippen LogP contribution in [-0.2, 0) is 22.8 Å². The average Bonchev–Trinajstić information content (AvgIpc) is 3.64. The van der Waals surface area contributed by atoms with Crippen LogP contribution < -0.4 is 4.90 Å². The van der Waals surface area contributed by atoms with Gasteiger partial charge in [0.2, 0.25) is 0 Å². The van der Waals surface area contributed by atoms with Crippen LogP contribution in [0.3, 0.4) is 0 Å². The van der Waals surface area contributed by atoms with Crippen molar-refractivity contribution < 1.29 is 0 Å². The lowest BCUT2D eigenvalue weighted by Gasteiger charge is -2.34. The van der Waals surface area contributed by atoms with Crippen molar-refractivity contribution in [1.82, 2.24) is 0 Å². The van der Waals surface area contributed by atoms with E-state index in [0.29, 0.717) is 6.54 Å². The largest absolute Gasteiger partial charge is 0.336 e. The molecule has 11 aromatic carbocycles. The lowest BCUT2D eigenvalue weighted by atomic mass is 9.68. The SMILES string of the molecule is CC(C)(C)c1ccc2c(c1)C1(c3ccccc3-c3ccc(N(Cc4ccccc4-c4ccc(-c5ccccc5)cc4)c4ccccc4-c4ccccc4-c4ccccc4-c4ccccc4)cc31)c1cc(C(C)(C)C)ccc1-2. The number of hydrogen-bond donors (Lipinski definition) is 0. The van der Waals surface area contributed by atoms with Crippen molar-refractivity contribution in [3.05, 3.63) is 300 Å². The fourth-order valence-corrected chi connectivity index (χ4v) is 12.6. The van der Waals surface area contributed by atoms with Crippen molar-refractivity contribution in [1.29, 1.82) is 0 Å². The Morgan fingerprint density at radius 1 is 0.286 bits per heavy atom. The van der Waals surface area contributed by atoms with E-state index >= 15 is 0 Å². The summed E-state index contributed by atoms with van der Waals surface area (Å²) in [5, 5.41) is 0. The van der Waals surface area contributed by atoms with Gasteiger partial charge in [-0.05, 0) is 140 Å². The van der Waals surface area contributed by atoms with Crippen LogP contribution in [0.25, 0.3) is 77.9 Å². The minimum atomic E-state index is -0.549. The molecule has 0 aromatic heterocycles. The highest BCUT2D eigenvalue weighted by Gasteiger charge is 2.52. The minimum absolute atomic E-state index is 0.0436. The predicted octanol–water partition coefficient (Wildman–Crippen LogP) is 20.3. The Hall–Kier alpha value is -8.78. The molecule has 372 valence electrons. The Labute approximate surface area is 455 Å².